The van der Waals surface area contributed by atoms with Gasteiger partial charge >= 0.3 is 0 Å². The van der Waals surface area contributed by atoms with Crippen molar-refractivity contribution in [3.8, 4) is 6.07 Å². The van der Waals surface area contributed by atoms with Crippen LogP contribution in [0.15, 0.2) is 30.3 Å². The molecule has 1 aliphatic carbocycles. The summed E-state index contributed by atoms with van der Waals surface area (Å²) in [5.74, 6) is 1.99. The van der Waals surface area contributed by atoms with Crippen LogP contribution in [-0.4, -0.2) is 17.5 Å². The minimum absolute atomic E-state index is 0.515. The third-order valence-corrected chi connectivity index (χ3v) is 4.91. The Morgan fingerprint density at radius 1 is 1.30 bits per heavy atom. The fourth-order valence-corrected chi connectivity index (χ4v) is 3.49. The van der Waals surface area contributed by atoms with Crippen molar-refractivity contribution in [3.05, 3.63) is 35.9 Å². The van der Waals surface area contributed by atoms with Gasteiger partial charge in [-0.1, -0.05) is 50.1 Å². The van der Waals surface area contributed by atoms with Crippen molar-refractivity contribution < 1.29 is 0 Å². The second-order valence-electron chi connectivity index (χ2n) is 5.56. The van der Waals surface area contributed by atoms with Gasteiger partial charge < -0.3 is 0 Å². The van der Waals surface area contributed by atoms with Crippen LogP contribution in [0.5, 0.6) is 0 Å². The Morgan fingerprint density at radius 3 is 2.65 bits per heavy atom. The van der Waals surface area contributed by atoms with Gasteiger partial charge in [0.15, 0.2) is 0 Å². The average molecular weight is 288 g/mol. The van der Waals surface area contributed by atoms with Gasteiger partial charge in [0, 0.05) is 11.8 Å². The Bertz CT molecular complexity index is 436. The molecule has 1 aromatic carbocycles. The predicted molar refractivity (Wildman–Crippen MR) is 86.7 cm³/mol. The molecule has 1 atom stereocenters. The van der Waals surface area contributed by atoms with E-state index in [1.165, 1.54) is 32.1 Å². The normalized spacial score (nSPS) is 17.4. The average Bonchev–Trinajstić information content (AvgIpc) is 3.30. The van der Waals surface area contributed by atoms with Crippen LogP contribution in [0.2, 0.25) is 0 Å². The number of hydrogen-bond acceptors (Lipinski definition) is 3. The monoisotopic (exact) mass is 288 g/mol. The lowest BCUT2D eigenvalue weighted by molar-refractivity contribution is 0.470. The molecular formula is C17H24N2S. The van der Waals surface area contributed by atoms with E-state index in [9.17, 15) is 5.26 Å². The van der Waals surface area contributed by atoms with E-state index in [4.69, 9.17) is 0 Å². The van der Waals surface area contributed by atoms with Gasteiger partial charge in [0.25, 0.3) is 0 Å². The third-order valence-electron chi connectivity index (χ3n) is 3.70. The minimum Gasteiger partial charge on any atom is -0.292 e. The number of thioether (sulfide) groups is 1. The standard InChI is InChI=1S/C17H24N2S/c1-2-3-7-12-20-14-17(13-18,19-16-10-11-16)15-8-5-4-6-9-15/h4-6,8-9,16,19H,2-3,7,10-12,14H2,1H3. The highest BCUT2D eigenvalue weighted by Gasteiger charge is 2.37. The predicted octanol–water partition coefficient (Wildman–Crippen LogP) is 4.08. The second kappa shape index (κ2) is 7.71. The van der Waals surface area contributed by atoms with E-state index in [1.54, 1.807) is 0 Å². The fourth-order valence-electron chi connectivity index (χ4n) is 2.32. The molecule has 1 unspecified atom stereocenters. The summed E-state index contributed by atoms with van der Waals surface area (Å²) in [4.78, 5) is 0. The van der Waals surface area contributed by atoms with Gasteiger partial charge in [-0.3, -0.25) is 5.32 Å². The smallest absolute Gasteiger partial charge is 0.141 e. The highest BCUT2D eigenvalue weighted by molar-refractivity contribution is 7.99. The number of nitriles is 1. The molecule has 0 aliphatic heterocycles. The molecule has 0 aromatic heterocycles. The SMILES string of the molecule is CCCCCSCC(C#N)(NC1CC1)c1ccccc1. The van der Waals surface area contributed by atoms with Gasteiger partial charge in [0.1, 0.15) is 5.54 Å². The van der Waals surface area contributed by atoms with Crippen LogP contribution in [0.1, 0.15) is 44.6 Å². The van der Waals surface area contributed by atoms with Crippen LogP contribution >= 0.6 is 11.8 Å². The summed E-state index contributed by atoms with van der Waals surface area (Å²) in [6, 6.07) is 13.3. The summed E-state index contributed by atoms with van der Waals surface area (Å²) in [5.41, 5.74) is 0.594. The second-order valence-corrected chi connectivity index (χ2v) is 6.67. The topological polar surface area (TPSA) is 35.8 Å². The molecule has 2 nitrogen and oxygen atoms in total. The zero-order valence-corrected chi connectivity index (χ0v) is 13.1. The number of unbranched alkanes of at least 4 members (excludes halogenated alkanes) is 2. The van der Waals surface area contributed by atoms with Crippen LogP contribution < -0.4 is 5.32 Å². The molecule has 1 aromatic rings. The van der Waals surface area contributed by atoms with Crippen LogP contribution in [-0.2, 0) is 5.54 Å². The first kappa shape index (κ1) is 15.4. The first-order valence-corrected chi connectivity index (χ1v) is 8.78. The van der Waals surface area contributed by atoms with Crippen LogP contribution in [0.4, 0.5) is 0 Å². The van der Waals surface area contributed by atoms with E-state index >= 15 is 0 Å². The first-order valence-electron chi connectivity index (χ1n) is 7.63. The molecule has 1 saturated carbocycles. The van der Waals surface area contributed by atoms with Crippen molar-refractivity contribution in [2.75, 3.05) is 11.5 Å². The Hall–Kier alpha value is -0.980. The summed E-state index contributed by atoms with van der Waals surface area (Å²) in [6.07, 6.45) is 6.20. The maximum absolute atomic E-state index is 9.78. The third kappa shape index (κ3) is 4.26. The Labute approximate surface area is 127 Å². The molecule has 0 bridgehead atoms. The Balaban J connectivity index is 2.01. The van der Waals surface area contributed by atoms with Crippen molar-refractivity contribution in [2.24, 2.45) is 0 Å². The van der Waals surface area contributed by atoms with Gasteiger partial charge in [-0.2, -0.15) is 17.0 Å². The maximum Gasteiger partial charge on any atom is 0.141 e. The Morgan fingerprint density at radius 2 is 2.05 bits per heavy atom. The summed E-state index contributed by atoms with van der Waals surface area (Å²) in [6.45, 7) is 2.23. The van der Waals surface area contributed by atoms with Crippen molar-refractivity contribution in [1.82, 2.24) is 5.32 Å². The van der Waals surface area contributed by atoms with E-state index in [1.807, 2.05) is 30.0 Å². The summed E-state index contributed by atoms with van der Waals surface area (Å²) < 4.78 is 0. The molecule has 0 radical (unpaired) electrons. The van der Waals surface area contributed by atoms with E-state index < -0.39 is 5.54 Å². The summed E-state index contributed by atoms with van der Waals surface area (Å²) in [7, 11) is 0. The van der Waals surface area contributed by atoms with E-state index in [2.05, 4.69) is 30.4 Å². The molecule has 3 heteroatoms. The molecule has 1 fully saturated rings. The van der Waals surface area contributed by atoms with Crippen LogP contribution in [0.25, 0.3) is 0 Å². The van der Waals surface area contributed by atoms with Crippen molar-refractivity contribution in [3.63, 3.8) is 0 Å². The molecule has 1 N–H and O–H groups in total. The highest BCUT2D eigenvalue weighted by atomic mass is 32.2. The lowest BCUT2D eigenvalue weighted by Crippen LogP contribution is -2.44. The molecule has 0 amide bonds. The van der Waals surface area contributed by atoms with Crippen molar-refractivity contribution in [1.29, 1.82) is 5.26 Å². The number of rotatable bonds is 9. The first-order chi connectivity index (χ1) is 9.80. The number of nitrogens with one attached hydrogen (secondary N) is 1. The van der Waals surface area contributed by atoms with Gasteiger partial charge in [-0.25, -0.2) is 0 Å². The van der Waals surface area contributed by atoms with E-state index in [0.717, 1.165) is 17.1 Å². The molecule has 0 heterocycles. The van der Waals surface area contributed by atoms with Gasteiger partial charge in [-0.15, -0.1) is 0 Å². The zero-order valence-electron chi connectivity index (χ0n) is 12.3. The lowest BCUT2D eigenvalue weighted by atomic mass is 9.93. The number of benzene rings is 1. The van der Waals surface area contributed by atoms with Gasteiger partial charge in [0.05, 0.1) is 6.07 Å². The van der Waals surface area contributed by atoms with Crippen LogP contribution in [0.3, 0.4) is 0 Å². The molecule has 1 aliphatic rings. The minimum atomic E-state index is -0.515. The Kier molecular flexibility index (Phi) is 5.94. The van der Waals surface area contributed by atoms with E-state index in [0.29, 0.717) is 6.04 Å². The zero-order chi connectivity index (χ0) is 14.3. The van der Waals surface area contributed by atoms with E-state index in [-0.39, 0.29) is 0 Å². The fraction of sp³-hybridized carbons (Fsp3) is 0.588. The van der Waals surface area contributed by atoms with Crippen molar-refractivity contribution in [2.45, 2.75) is 50.6 Å². The lowest BCUT2D eigenvalue weighted by Gasteiger charge is -2.28. The van der Waals surface area contributed by atoms with Crippen LogP contribution in [0, 0.1) is 11.3 Å². The molecule has 20 heavy (non-hydrogen) atoms. The molecule has 108 valence electrons. The summed E-state index contributed by atoms with van der Waals surface area (Å²) in [5, 5.41) is 13.4. The summed E-state index contributed by atoms with van der Waals surface area (Å²) >= 11 is 1.90. The maximum atomic E-state index is 9.78. The largest absolute Gasteiger partial charge is 0.292 e. The number of hydrogen-bond donors (Lipinski definition) is 1. The number of nitrogens with zero attached hydrogens (tertiary/aromatic N) is 1. The molecule has 2 rings (SSSR count). The van der Waals surface area contributed by atoms with Crippen molar-refractivity contribution >= 4 is 11.8 Å². The molecular weight excluding hydrogens is 264 g/mol. The van der Waals surface area contributed by atoms with Gasteiger partial charge in [-0.05, 0) is 30.6 Å². The highest BCUT2D eigenvalue weighted by Crippen LogP contribution is 2.31. The molecule has 0 saturated heterocycles. The van der Waals surface area contributed by atoms with Gasteiger partial charge in [0.2, 0.25) is 0 Å². The molecule has 0 spiro atoms. The quantitative estimate of drug-likeness (QED) is 0.695.